The van der Waals surface area contributed by atoms with Crippen molar-refractivity contribution >= 4 is 40.2 Å². The Hall–Kier alpha value is -2.30. The molecule has 7 nitrogen and oxygen atoms in total. The van der Waals surface area contributed by atoms with Gasteiger partial charge in [-0.15, -0.1) is 0 Å². The van der Waals surface area contributed by atoms with Crippen molar-refractivity contribution in [3.8, 4) is 5.75 Å². The number of aromatic amines is 1. The number of ether oxygens (including phenoxy) is 1. The first kappa shape index (κ1) is 23.8. The number of benzene rings is 1. The van der Waals surface area contributed by atoms with E-state index in [9.17, 15) is 13.2 Å². The summed E-state index contributed by atoms with van der Waals surface area (Å²) in [6.07, 6.45) is -1.87. The number of methoxy groups -OCH3 is 1. The number of nitrogens with zero attached hydrogens (tertiary/aromatic N) is 4. The van der Waals surface area contributed by atoms with Crippen LogP contribution < -0.4 is 10.1 Å². The van der Waals surface area contributed by atoms with Crippen LogP contribution in [0, 0.1) is 0 Å². The zero-order valence-electron chi connectivity index (χ0n) is 18.0. The van der Waals surface area contributed by atoms with Crippen LogP contribution in [0.15, 0.2) is 18.7 Å². The third-order valence-corrected chi connectivity index (χ3v) is 6.58. The Balaban J connectivity index is 1.54. The fourth-order valence-electron chi connectivity index (χ4n) is 4.16. The Labute approximate surface area is 198 Å². The minimum atomic E-state index is -4.13. The molecular formula is C21H23Cl2F3N6O. The predicted octanol–water partition coefficient (Wildman–Crippen LogP) is 5.58. The van der Waals surface area contributed by atoms with Gasteiger partial charge in [0.25, 0.3) is 0 Å². The van der Waals surface area contributed by atoms with E-state index < -0.39 is 12.6 Å². The summed E-state index contributed by atoms with van der Waals surface area (Å²) in [6.45, 7) is 3.52. The van der Waals surface area contributed by atoms with Crippen LogP contribution in [0.1, 0.15) is 42.9 Å². The van der Waals surface area contributed by atoms with Crippen LogP contribution in [0.4, 0.5) is 19.0 Å². The van der Waals surface area contributed by atoms with Gasteiger partial charge in [0.2, 0.25) is 0 Å². The van der Waals surface area contributed by atoms with Crippen molar-refractivity contribution in [3.05, 3.63) is 39.9 Å². The van der Waals surface area contributed by atoms with Crippen molar-refractivity contribution in [1.82, 2.24) is 24.8 Å². The molecule has 1 aliphatic rings. The molecule has 0 radical (unpaired) electrons. The van der Waals surface area contributed by atoms with Gasteiger partial charge in [-0.2, -0.15) is 13.2 Å². The number of aromatic nitrogens is 4. The molecule has 1 saturated heterocycles. The minimum Gasteiger partial charge on any atom is -0.496 e. The van der Waals surface area contributed by atoms with E-state index in [0.29, 0.717) is 52.4 Å². The summed E-state index contributed by atoms with van der Waals surface area (Å²) >= 11 is 13.0. The number of alkyl halides is 3. The number of rotatable bonds is 8. The van der Waals surface area contributed by atoms with Crippen molar-refractivity contribution in [3.63, 3.8) is 0 Å². The zero-order chi connectivity index (χ0) is 23.8. The molecule has 1 atom stereocenters. The van der Waals surface area contributed by atoms with Gasteiger partial charge in [0, 0.05) is 36.6 Å². The van der Waals surface area contributed by atoms with Gasteiger partial charge >= 0.3 is 6.18 Å². The third kappa shape index (κ3) is 5.12. The van der Waals surface area contributed by atoms with Crippen LogP contribution in [0.2, 0.25) is 10.0 Å². The lowest BCUT2D eigenvalue weighted by atomic mass is 9.88. The summed E-state index contributed by atoms with van der Waals surface area (Å²) in [4.78, 5) is 17.6. The highest BCUT2D eigenvalue weighted by Gasteiger charge is 2.35. The number of halogens is 5. The van der Waals surface area contributed by atoms with E-state index in [-0.39, 0.29) is 18.4 Å². The predicted molar refractivity (Wildman–Crippen MR) is 121 cm³/mol. The lowest BCUT2D eigenvalue weighted by molar-refractivity contribution is -0.136. The maximum absolute atomic E-state index is 12.4. The van der Waals surface area contributed by atoms with E-state index >= 15 is 0 Å². The Bertz CT molecular complexity index is 1130. The van der Waals surface area contributed by atoms with Crippen LogP contribution in [0.3, 0.4) is 0 Å². The van der Waals surface area contributed by atoms with Crippen LogP contribution in [0.5, 0.6) is 5.75 Å². The Morgan fingerprint density at radius 3 is 2.73 bits per heavy atom. The average Bonchev–Trinajstić information content (AvgIpc) is 3.21. The number of likely N-dealkylation sites (tertiary alicyclic amines) is 1. The molecular weight excluding hydrogens is 480 g/mol. The zero-order valence-corrected chi connectivity index (χ0v) is 19.5. The first-order valence-electron chi connectivity index (χ1n) is 10.4. The van der Waals surface area contributed by atoms with Gasteiger partial charge in [0.1, 0.15) is 17.6 Å². The van der Waals surface area contributed by atoms with Gasteiger partial charge in [0.15, 0.2) is 11.5 Å². The second kappa shape index (κ2) is 9.52. The third-order valence-electron chi connectivity index (χ3n) is 5.78. The molecule has 2 N–H and O–H groups in total. The van der Waals surface area contributed by atoms with E-state index in [0.717, 1.165) is 11.1 Å². The fraction of sp³-hybridized carbons (Fsp3) is 0.476. The summed E-state index contributed by atoms with van der Waals surface area (Å²) in [5, 5.41) is 4.14. The molecule has 4 rings (SSSR count). The molecule has 0 saturated carbocycles. The minimum absolute atomic E-state index is 0.0151. The Morgan fingerprint density at radius 1 is 1.27 bits per heavy atom. The van der Waals surface area contributed by atoms with Gasteiger partial charge in [-0.1, -0.05) is 23.2 Å². The molecule has 1 aliphatic heterocycles. The topological polar surface area (TPSA) is 79.0 Å². The normalized spacial score (nSPS) is 16.1. The summed E-state index contributed by atoms with van der Waals surface area (Å²) in [7, 11) is 1.57. The molecule has 1 unspecified atom stereocenters. The van der Waals surface area contributed by atoms with Crippen molar-refractivity contribution in [1.29, 1.82) is 0 Å². The van der Waals surface area contributed by atoms with E-state index in [1.807, 2.05) is 11.8 Å². The summed E-state index contributed by atoms with van der Waals surface area (Å²) < 4.78 is 43.0. The molecule has 3 heterocycles. The van der Waals surface area contributed by atoms with Gasteiger partial charge < -0.3 is 19.9 Å². The number of anilines is 1. The lowest BCUT2D eigenvalue weighted by Crippen LogP contribution is -2.45. The van der Waals surface area contributed by atoms with Gasteiger partial charge in [0.05, 0.1) is 29.5 Å². The number of imidazole rings is 1. The van der Waals surface area contributed by atoms with E-state index in [2.05, 4.69) is 25.3 Å². The number of hydrogen-bond acceptors (Lipinski definition) is 6. The van der Waals surface area contributed by atoms with Crippen LogP contribution >= 0.6 is 23.2 Å². The number of H-pyrrole nitrogens is 1. The molecule has 3 aromatic rings. The Kier molecular flexibility index (Phi) is 6.88. The van der Waals surface area contributed by atoms with Crippen molar-refractivity contribution < 1.29 is 17.9 Å². The van der Waals surface area contributed by atoms with Gasteiger partial charge in [-0.25, -0.2) is 15.0 Å². The monoisotopic (exact) mass is 502 g/mol. The molecule has 178 valence electrons. The van der Waals surface area contributed by atoms with E-state index in [1.165, 1.54) is 6.33 Å². The number of nitrogens with one attached hydrogen (secondary N) is 2. The summed E-state index contributed by atoms with van der Waals surface area (Å²) in [5.41, 5.74) is 2.79. The molecule has 0 spiro atoms. The largest absolute Gasteiger partial charge is 0.496 e. The molecule has 0 aliphatic carbocycles. The van der Waals surface area contributed by atoms with Crippen molar-refractivity contribution in [2.75, 3.05) is 32.1 Å². The lowest BCUT2D eigenvalue weighted by Gasteiger charge is -2.41. The standard InChI is InChI=1S/C21H23Cl2F3N6O/c1-11(31-20-17-19(28-9-27-17)29-10-30-20)13-6-14(22)16(23)15(18(13)33-2)12-7-32(8-12)5-3-4-21(24,25)26/h6,9-12H,3-5,7-8H2,1-2H3,(H2,27,28,29,30,31). The number of fused-ring (bicyclic) bond motifs is 1. The highest BCUT2D eigenvalue weighted by molar-refractivity contribution is 6.42. The Morgan fingerprint density at radius 2 is 2.03 bits per heavy atom. The summed E-state index contributed by atoms with van der Waals surface area (Å²) in [6, 6.07) is 1.51. The van der Waals surface area contributed by atoms with Crippen LogP contribution in [-0.4, -0.2) is 57.8 Å². The first-order chi connectivity index (χ1) is 15.7. The van der Waals surface area contributed by atoms with E-state index in [4.69, 9.17) is 27.9 Å². The molecule has 1 fully saturated rings. The van der Waals surface area contributed by atoms with Crippen LogP contribution in [0.25, 0.3) is 11.2 Å². The molecule has 12 heteroatoms. The molecule has 1 aromatic carbocycles. The molecule has 0 bridgehead atoms. The van der Waals surface area contributed by atoms with Crippen LogP contribution in [-0.2, 0) is 0 Å². The second-order valence-electron chi connectivity index (χ2n) is 8.07. The van der Waals surface area contributed by atoms with Gasteiger partial charge in [-0.3, -0.25) is 0 Å². The SMILES string of the molecule is COc1c(C(C)Nc2ncnc3nc[nH]c23)cc(Cl)c(Cl)c1C1CN(CCCC(F)(F)F)C1. The first-order valence-corrected chi connectivity index (χ1v) is 11.2. The highest BCUT2D eigenvalue weighted by atomic mass is 35.5. The quantitative estimate of drug-likeness (QED) is 0.418. The fourth-order valence-corrected chi connectivity index (χ4v) is 4.67. The molecule has 0 amide bonds. The molecule has 2 aromatic heterocycles. The van der Waals surface area contributed by atoms with Gasteiger partial charge in [-0.05, 0) is 26.0 Å². The van der Waals surface area contributed by atoms with Crippen molar-refractivity contribution in [2.45, 2.75) is 37.9 Å². The summed E-state index contributed by atoms with van der Waals surface area (Å²) in [5.74, 6) is 1.21. The molecule has 33 heavy (non-hydrogen) atoms. The van der Waals surface area contributed by atoms with Crippen molar-refractivity contribution in [2.24, 2.45) is 0 Å². The second-order valence-corrected chi connectivity index (χ2v) is 8.86. The maximum Gasteiger partial charge on any atom is 0.389 e. The smallest absolute Gasteiger partial charge is 0.389 e. The van der Waals surface area contributed by atoms with E-state index in [1.54, 1.807) is 19.5 Å². The average molecular weight is 503 g/mol. The maximum atomic E-state index is 12.4. The number of hydrogen-bond donors (Lipinski definition) is 2. The highest BCUT2D eigenvalue weighted by Crippen LogP contribution is 2.46.